The van der Waals surface area contributed by atoms with Crippen molar-refractivity contribution in [3.8, 4) is 11.5 Å². The summed E-state index contributed by atoms with van der Waals surface area (Å²) in [5, 5.41) is 10.6. The highest BCUT2D eigenvalue weighted by Crippen LogP contribution is 2.32. The number of phenols is 1. The molecule has 2 aromatic rings. The highest BCUT2D eigenvalue weighted by atomic mass is 16.7. The lowest BCUT2D eigenvalue weighted by molar-refractivity contribution is -0.288. The average molecular weight is 559 g/mol. The van der Waals surface area contributed by atoms with E-state index in [4.69, 9.17) is 28.4 Å². The summed E-state index contributed by atoms with van der Waals surface area (Å²) in [6, 6.07) is 12.9. The zero-order valence-electron chi connectivity index (χ0n) is 22.4. The molecule has 0 unspecified atom stereocenters. The van der Waals surface area contributed by atoms with E-state index in [9.17, 15) is 29.1 Å². The van der Waals surface area contributed by atoms with Gasteiger partial charge in [-0.25, -0.2) is 0 Å². The second-order valence-electron chi connectivity index (χ2n) is 8.95. The predicted octanol–water partition coefficient (Wildman–Crippen LogP) is 2.28. The molecule has 214 valence electrons. The van der Waals surface area contributed by atoms with E-state index in [1.807, 2.05) is 6.07 Å². The molecule has 1 N–H and O–H groups in total. The van der Waals surface area contributed by atoms with Crippen molar-refractivity contribution >= 4 is 29.7 Å². The van der Waals surface area contributed by atoms with Crippen molar-refractivity contribution in [2.45, 2.75) is 64.8 Å². The van der Waals surface area contributed by atoms with Crippen LogP contribution < -0.4 is 4.74 Å². The number of aromatic hydroxyl groups is 1. The molecule has 5 atom stereocenters. The van der Waals surface area contributed by atoms with Crippen molar-refractivity contribution in [1.29, 1.82) is 0 Å². The maximum absolute atomic E-state index is 12.7. The van der Waals surface area contributed by atoms with Gasteiger partial charge < -0.3 is 33.5 Å². The van der Waals surface area contributed by atoms with Gasteiger partial charge >= 0.3 is 23.9 Å². The molecule has 12 heteroatoms. The standard InChI is InChI=1S/C28H30O12/c1-15(29)35-14-24-25(36-16(2)30)26(37-17(3)31)27(38-18(4)32)28(40-24)39-20-10-11-21(23(34)13-20)22(33)12-19-8-6-5-7-9-19/h5-11,13,24-28,34H,12,14H2,1-4H3/t24-,25-,26-,27+,28-/m1/s1. The van der Waals surface area contributed by atoms with Crippen LogP contribution in [0.1, 0.15) is 43.6 Å². The van der Waals surface area contributed by atoms with E-state index in [-0.39, 0.29) is 29.3 Å². The second-order valence-corrected chi connectivity index (χ2v) is 8.95. The number of Topliss-reactive ketones (excluding diaryl/α,β-unsaturated/α-hetero) is 1. The molecule has 0 amide bonds. The second kappa shape index (κ2) is 13.6. The molecule has 12 nitrogen and oxygen atoms in total. The number of hydrogen-bond acceptors (Lipinski definition) is 12. The molecule has 1 aliphatic heterocycles. The topological polar surface area (TPSA) is 161 Å². The minimum Gasteiger partial charge on any atom is -0.507 e. The number of carbonyl (C=O) groups is 5. The number of phenolic OH excluding ortho intramolecular Hbond substituents is 1. The maximum Gasteiger partial charge on any atom is 0.303 e. The van der Waals surface area contributed by atoms with E-state index in [1.54, 1.807) is 24.3 Å². The number of benzene rings is 2. The van der Waals surface area contributed by atoms with Crippen molar-refractivity contribution in [3.05, 3.63) is 59.7 Å². The molecule has 40 heavy (non-hydrogen) atoms. The Labute approximate surface area is 230 Å². The fourth-order valence-corrected chi connectivity index (χ4v) is 4.11. The normalized spacial score (nSPS) is 21.9. The van der Waals surface area contributed by atoms with Gasteiger partial charge in [0.05, 0.1) is 5.56 Å². The molecule has 1 saturated heterocycles. The molecule has 1 aliphatic rings. The summed E-state index contributed by atoms with van der Waals surface area (Å²) in [7, 11) is 0. The summed E-state index contributed by atoms with van der Waals surface area (Å²) in [6.45, 7) is 4.06. The van der Waals surface area contributed by atoms with E-state index in [2.05, 4.69) is 0 Å². The van der Waals surface area contributed by atoms with E-state index < -0.39 is 61.2 Å². The Hall–Kier alpha value is -4.45. The summed E-state index contributed by atoms with van der Waals surface area (Å²) in [5.74, 6) is -3.69. The molecule has 0 aromatic heterocycles. The van der Waals surface area contributed by atoms with Gasteiger partial charge in [-0.2, -0.15) is 0 Å². The van der Waals surface area contributed by atoms with E-state index >= 15 is 0 Å². The van der Waals surface area contributed by atoms with E-state index in [0.29, 0.717) is 0 Å². The van der Waals surface area contributed by atoms with Crippen molar-refractivity contribution < 1.29 is 57.5 Å². The molecule has 1 heterocycles. The molecule has 0 bridgehead atoms. The fourth-order valence-electron chi connectivity index (χ4n) is 4.11. The Morgan fingerprint density at radius 1 is 0.775 bits per heavy atom. The Morgan fingerprint density at radius 2 is 1.38 bits per heavy atom. The van der Waals surface area contributed by atoms with Gasteiger partial charge in [-0.05, 0) is 17.7 Å². The number of hydrogen-bond donors (Lipinski definition) is 1. The third-order valence-corrected chi connectivity index (χ3v) is 5.68. The first kappa shape index (κ1) is 30.1. The fraction of sp³-hybridized carbons (Fsp3) is 0.393. The Bertz CT molecular complexity index is 1240. The lowest BCUT2D eigenvalue weighted by atomic mass is 9.98. The highest BCUT2D eigenvalue weighted by Gasteiger charge is 2.53. The minimum absolute atomic E-state index is 0.00895. The van der Waals surface area contributed by atoms with Crippen LogP contribution >= 0.6 is 0 Å². The van der Waals surface area contributed by atoms with Gasteiger partial charge in [0, 0.05) is 40.2 Å². The number of carbonyl (C=O) groups excluding carboxylic acids is 5. The summed E-state index contributed by atoms with van der Waals surface area (Å²) in [4.78, 5) is 60.0. The van der Waals surface area contributed by atoms with Crippen molar-refractivity contribution in [2.24, 2.45) is 0 Å². The SMILES string of the molecule is CC(=O)OC[C@H]1O[C@@H](Oc2ccc(C(=O)Cc3ccccc3)c(O)c2)[C@@H](OC(C)=O)[C@H](OC(C)=O)[C@@H]1OC(C)=O. The van der Waals surface area contributed by atoms with Gasteiger partial charge in [0.1, 0.15) is 24.2 Å². The summed E-state index contributed by atoms with van der Waals surface area (Å²) < 4.78 is 32.8. The molecule has 3 rings (SSSR count). The van der Waals surface area contributed by atoms with Gasteiger partial charge in [-0.15, -0.1) is 0 Å². The van der Waals surface area contributed by atoms with Crippen LogP contribution in [0.15, 0.2) is 48.5 Å². The Kier molecular flexibility index (Phi) is 10.2. The molecule has 0 radical (unpaired) electrons. The molecule has 1 fully saturated rings. The number of esters is 4. The maximum atomic E-state index is 12.7. The lowest BCUT2D eigenvalue weighted by Crippen LogP contribution is -2.63. The summed E-state index contributed by atoms with van der Waals surface area (Å²) in [6.07, 6.45) is -6.81. The summed E-state index contributed by atoms with van der Waals surface area (Å²) >= 11 is 0. The molecule has 2 aromatic carbocycles. The summed E-state index contributed by atoms with van der Waals surface area (Å²) in [5.41, 5.74) is 0.822. The van der Waals surface area contributed by atoms with Gasteiger partial charge in [-0.1, -0.05) is 30.3 Å². The predicted molar refractivity (Wildman–Crippen MR) is 135 cm³/mol. The molecule has 0 spiro atoms. The third-order valence-electron chi connectivity index (χ3n) is 5.68. The average Bonchev–Trinajstić information content (AvgIpc) is 2.86. The van der Waals surface area contributed by atoms with Crippen LogP contribution in [0.3, 0.4) is 0 Å². The van der Waals surface area contributed by atoms with Crippen molar-refractivity contribution in [3.63, 3.8) is 0 Å². The van der Waals surface area contributed by atoms with Crippen LogP contribution in [-0.4, -0.2) is 72.1 Å². The molecular weight excluding hydrogens is 528 g/mol. The minimum atomic E-state index is -1.48. The molecular formula is C28H30O12. The van der Waals surface area contributed by atoms with Crippen LogP contribution in [0, 0.1) is 0 Å². The number of rotatable bonds is 10. The Balaban J connectivity index is 1.91. The Morgan fingerprint density at radius 3 is 1.95 bits per heavy atom. The van der Waals surface area contributed by atoms with E-state index in [0.717, 1.165) is 33.3 Å². The van der Waals surface area contributed by atoms with E-state index in [1.165, 1.54) is 18.2 Å². The van der Waals surface area contributed by atoms with Crippen LogP contribution in [-0.2, 0) is 49.3 Å². The smallest absolute Gasteiger partial charge is 0.303 e. The van der Waals surface area contributed by atoms with Crippen molar-refractivity contribution in [1.82, 2.24) is 0 Å². The van der Waals surface area contributed by atoms with Crippen LogP contribution in [0.5, 0.6) is 11.5 Å². The number of ketones is 1. The van der Waals surface area contributed by atoms with Gasteiger partial charge in [0.25, 0.3) is 0 Å². The van der Waals surface area contributed by atoms with Crippen molar-refractivity contribution in [2.75, 3.05) is 6.61 Å². The molecule has 0 saturated carbocycles. The van der Waals surface area contributed by atoms with Gasteiger partial charge in [0.2, 0.25) is 12.4 Å². The van der Waals surface area contributed by atoms with Gasteiger partial charge in [-0.3, -0.25) is 24.0 Å². The first-order chi connectivity index (χ1) is 18.9. The number of ether oxygens (including phenoxy) is 6. The van der Waals surface area contributed by atoms with Gasteiger partial charge in [0.15, 0.2) is 18.0 Å². The van der Waals surface area contributed by atoms with Crippen LogP contribution in [0.2, 0.25) is 0 Å². The largest absolute Gasteiger partial charge is 0.507 e. The zero-order chi connectivity index (χ0) is 29.4. The van der Waals surface area contributed by atoms with Crippen LogP contribution in [0.25, 0.3) is 0 Å². The van der Waals surface area contributed by atoms with Crippen LogP contribution in [0.4, 0.5) is 0 Å². The quantitative estimate of drug-likeness (QED) is 0.258. The highest BCUT2D eigenvalue weighted by molar-refractivity contribution is 6.00. The monoisotopic (exact) mass is 558 g/mol. The zero-order valence-corrected chi connectivity index (χ0v) is 22.4. The first-order valence-corrected chi connectivity index (χ1v) is 12.3. The lowest BCUT2D eigenvalue weighted by Gasteiger charge is -2.43. The molecule has 0 aliphatic carbocycles. The first-order valence-electron chi connectivity index (χ1n) is 12.3. The third kappa shape index (κ3) is 8.27.